The molecule has 4 nitrogen and oxygen atoms in total. The van der Waals surface area contributed by atoms with E-state index in [1.54, 1.807) is 6.08 Å². The van der Waals surface area contributed by atoms with Crippen LogP contribution in [0.1, 0.15) is 24.0 Å². The summed E-state index contributed by atoms with van der Waals surface area (Å²) >= 11 is 3.41. The van der Waals surface area contributed by atoms with Crippen molar-refractivity contribution in [2.24, 2.45) is 0 Å². The van der Waals surface area contributed by atoms with Crippen molar-refractivity contribution in [3.8, 4) is 0 Å². The first-order chi connectivity index (χ1) is 13.4. The van der Waals surface area contributed by atoms with E-state index in [0.717, 1.165) is 52.8 Å². The zero-order valence-corrected chi connectivity index (χ0v) is 18.1. The topological polar surface area (TPSA) is 38.3 Å². The highest BCUT2D eigenvalue weighted by molar-refractivity contribution is 9.10. The van der Waals surface area contributed by atoms with Crippen LogP contribution in [-0.4, -0.2) is 43.7 Å². The van der Waals surface area contributed by atoms with Crippen LogP contribution in [0.5, 0.6) is 0 Å². The monoisotopic (exact) mass is 443 g/mol. The fourth-order valence-electron chi connectivity index (χ4n) is 3.61. The number of nitrogens with one attached hydrogen (secondary N) is 1. The Hall–Kier alpha value is -1.95. The number of carbonyl (C=O) groups excluding carboxylic acids is 1. The van der Waals surface area contributed by atoms with Gasteiger partial charge in [0.2, 0.25) is 5.91 Å². The van der Waals surface area contributed by atoms with Crippen LogP contribution in [0.4, 0.5) is 5.69 Å². The van der Waals surface area contributed by atoms with Crippen molar-refractivity contribution in [2.75, 3.05) is 32.6 Å². The van der Waals surface area contributed by atoms with Crippen LogP contribution >= 0.6 is 15.9 Å². The Morgan fingerprint density at radius 2 is 1.75 bits per heavy atom. The van der Waals surface area contributed by atoms with E-state index < -0.39 is 0 Å². The van der Waals surface area contributed by atoms with Crippen LogP contribution in [0.2, 0.25) is 0 Å². The summed E-state index contributed by atoms with van der Waals surface area (Å²) in [6.45, 7) is 2.71. The van der Waals surface area contributed by atoms with Crippen LogP contribution in [-0.2, 0) is 16.1 Å². The van der Waals surface area contributed by atoms with E-state index in [4.69, 9.17) is 4.74 Å². The van der Waals surface area contributed by atoms with E-state index in [1.165, 1.54) is 5.56 Å². The minimum absolute atomic E-state index is 0.131. The van der Waals surface area contributed by atoms with E-state index in [1.807, 2.05) is 42.5 Å². The Bertz CT molecular complexity index is 808. The highest BCUT2D eigenvalue weighted by Gasteiger charge is 2.30. The van der Waals surface area contributed by atoms with Crippen LogP contribution in [0.15, 0.2) is 59.1 Å². The van der Waals surface area contributed by atoms with Gasteiger partial charge in [0.25, 0.3) is 0 Å². The molecule has 148 valence electrons. The summed E-state index contributed by atoms with van der Waals surface area (Å²) in [6.07, 6.45) is 5.60. The van der Waals surface area contributed by atoms with Gasteiger partial charge in [-0.15, -0.1) is 0 Å². The van der Waals surface area contributed by atoms with Crippen LogP contribution in [0, 0.1) is 0 Å². The van der Waals surface area contributed by atoms with Gasteiger partial charge in [0, 0.05) is 34.6 Å². The first-order valence-corrected chi connectivity index (χ1v) is 10.5. The van der Waals surface area contributed by atoms with Gasteiger partial charge >= 0.3 is 0 Å². The Morgan fingerprint density at radius 3 is 2.39 bits per heavy atom. The zero-order chi connectivity index (χ0) is 20.0. The summed E-state index contributed by atoms with van der Waals surface area (Å²) in [6, 6.07) is 16.6. The second-order valence-corrected chi connectivity index (χ2v) is 8.77. The lowest BCUT2D eigenvalue weighted by atomic mass is 10.0. The van der Waals surface area contributed by atoms with Crippen molar-refractivity contribution in [3.05, 3.63) is 70.2 Å². The Labute approximate surface area is 175 Å². The molecule has 28 heavy (non-hydrogen) atoms. The average molecular weight is 444 g/mol. The summed E-state index contributed by atoms with van der Waals surface area (Å²) in [5.74, 6) is -0.131. The molecule has 0 spiro atoms. The van der Waals surface area contributed by atoms with Crippen molar-refractivity contribution in [2.45, 2.75) is 25.4 Å². The Kier molecular flexibility index (Phi) is 7.05. The van der Waals surface area contributed by atoms with Crippen molar-refractivity contribution >= 4 is 33.6 Å². The molecule has 0 atom stereocenters. The fourth-order valence-corrected chi connectivity index (χ4v) is 3.87. The largest absolute Gasteiger partial charge is 0.381 e. The van der Waals surface area contributed by atoms with Gasteiger partial charge in [-0.25, -0.2) is 0 Å². The van der Waals surface area contributed by atoms with E-state index in [2.05, 4.69) is 47.5 Å². The highest BCUT2D eigenvalue weighted by atomic mass is 79.9. The average Bonchev–Trinajstić information content (AvgIpc) is 2.69. The standard InChI is InChI=1S/C23H27BrN2O2/c1-26(2,22-13-15-28-16-14-22)17-19-5-10-21(11-6-19)25-23(27)12-7-18-3-8-20(24)9-4-18/h3-12,22H,13-17H2,1-2H3/p+1. The third-order valence-electron chi connectivity index (χ3n) is 5.29. The van der Waals surface area contributed by atoms with Gasteiger partial charge in [0.15, 0.2) is 0 Å². The second-order valence-electron chi connectivity index (χ2n) is 7.85. The number of carbonyl (C=O) groups is 1. The third-order valence-corrected chi connectivity index (χ3v) is 5.82. The molecule has 1 saturated heterocycles. The highest BCUT2D eigenvalue weighted by Crippen LogP contribution is 2.23. The minimum atomic E-state index is -0.131. The number of nitrogens with zero attached hydrogens (tertiary/aromatic N) is 1. The minimum Gasteiger partial charge on any atom is -0.381 e. The first-order valence-electron chi connectivity index (χ1n) is 9.66. The van der Waals surface area contributed by atoms with Gasteiger partial charge in [0.1, 0.15) is 6.54 Å². The molecule has 0 bridgehead atoms. The predicted octanol–water partition coefficient (Wildman–Crippen LogP) is 4.86. The Morgan fingerprint density at radius 1 is 1.11 bits per heavy atom. The maximum atomic E-state index is 12.2. The number of anilines is 1. The fraction of sp³-hybridized carbons (Fsp3) is 0.348. The van der Waals surface area contributed by atoms with Gasteiger partial charge in [-0.05, 0) is 35.9 Å². The summed E-state index contributed by atoms with van der Waals surface area (Å²) in [7, 11) is 4.58. The lowest BCUT2D eigenvalue weighted by Gasteiger charge is -2.40. The van der Waals surface area contributed by atoms with Crippen molar-refractivity contribution < 1.29 is 14.0 Å². The van der Waals surface area contributed by atoms with Crippen molar-refractivity contribution in [3.63, 3.8) is 0 Å². The number of halogens is 1. The maximum absolute atomic E-state index is 12.2. The van der Waals surface area contributed by atoms with Gasteiger partial charge in [-0.1, -0.05) is 40.2 Å². The molecule has 3 rings (SSSR count). The quantitative estimate of drug-likeness (QED) is 0.511. The van der Waals surface area contributed by atoms with Gasteiger partial charge in [-0.3, -0.25) is 4.79 Å². The molecule has 1 fully saturated rings. The summed E-state index contributed by atoms with van der Waals surface area (Å²) < 4.78 is 7.48. The molecule has 1 aliphatic rings. The van der Waals surface area contributed by atoms with Crippen LogP contribution in [0.25, 0.3) is 6.08 Å². The second kappa shape index (κ2) is 9.50. The number of rotatable bonds is 6. The lowest BCUT2D eigenvalue weighted by Crippen LogP contribution is -2.50. The molecule has 1 aliphatic heterocycles. The smallest absolute Gasteiger partial charge is 0.248 e. The molecule has 0 unspecified atom stereocenters. The predicted molar refractivity (Wildman–Crippen MR) is 118 cm³/mol. The molecular weight excluding hydrogens is 416 g/mol. The Balaban J connectivity index is 1.54. The SMILES string of the molecule is C[N+](C)(Cc1ccc(NC(=O)C=Cc2ccc(Br)cc2)cc1)C1CCOCC1. The molecule has 1 amide bonds. The van der Waals surface area contributed by atoms with E-state index in [-0.39, 0.29) is 5.91 Å². The lowest BCUT2D eigenvalue weighted by molar-refractivity contribution is -0.929. The molecular formula is C23H28BrN2O2+. The molecule has 2 aromatic carbocycles. The summed E-state index contributed by atoms with van der Waals surface area (Å²) in [5.41, 5.74) is 3.08. The van der Waals surface area contributed by atoms with Gasteiger partial charge in [0.05, 0.1) is 33.4 Å². The van der Waals surface area contributed by atoms with Crippen LogP contribution in [0.3, 0.4) is 0 Å². The molecule has 0 aromatic heterocycles. The van der Waals surface area contributed by atoms with Gasteiger partial charge < -0.3 is 14.5 Å². The number of benzene rings is 2. The molecule has 0 saturated carbocycles. The molecule has 1 N–H and O–H groups in total. The van der Waals surface area contributed by atoms with E-state index in [0.29, 0.717) is 6.04 Å². The number of amides is 1. The molecule has 1 heterocycles. The van der Waals surface area contributed by atoms with E-state index >= 15 is 0 Å². The molecule has 2 aromatic rings. The van der Waals surface area contributed by atoms with E-state index in [9.17, 15) is 4.79 Å². The van der Waals surface area contributed by atoms with Gasteiger partial charge in [-0.2, -0.15) is 0 Å². The van der Waals surface area contributed by atoms with Crippen molar-refractivity contribution in [1.82, 2.24) is 0 Å². The van der Waals surface area contributed by atoms with Crippen LogP contribution < -0.4 is 5.32 Å². The summed E-state index contributed by atoms with van der Waals surface area (Å²) in [5, 5.41) is 2.92. The molecule has 0 radical (unpaired) electrons. The number of hydrogen-bond donors (Lipinski definition) is 1. The zero-order valence-electron chi connectivity index (χ0n) is 16.5. The molecule has 5 heteroatoms. The summed E-state index contributed by atoms with van der Waals surface area (Å²) in [4.78, 5) is 12.2. The number of ether oxygens (including phenoxy) is 1. The number of quaternary nitrogens is 1. The maximum Gasteiger partial charge on any atom is 0.248 e. The molecule has 0 aliphatic carbocycles. The number of hydrogen-bond acceptors (Lipinski definition) is 2. The first kappa shape index (κ1) is 20.8. The van der Waals surface area contributed by atoms with Crippen molar-refractivity contribution in [1.29, 1.82) is 0 Å². The normalized spacial score (nSPS) is 15.7. The third kappa shape index (κ3) is 6.03.